The standard InChI is InChI=1S/C28H29F3N6/c1-19(20-7-4-3-5-8-20)34-24-18-22(11-12-33-24)26-25(21-9-6-10-23(17-21)28(29,30)31)35-27(36(26)2)37-15-13-32-14-16-37/h3-12,17-19,32H,13-16H2,1-2H3,(H,33,34). The van der Waals surface area contributed by atoms with Crippen LogP contribution in [-0.4, -0.2) is 40.7 Å². The van der Waals surface area contributed by atoms with Gasteiger partial charge in [0.15, 0.2) is 0 Å². The maximum atomic E-state index is 13.5. The lowest BCUT2D eigenvalue weighted by molar-refractivity contribution is -0.137. The Labute approximate surface area is 214 Å². The van der Waals surface area contributed by atoms with Crippen LogP contribution in [-0.2, 0) is 13.2 Å². The molecule has 0 saturated carbocycles. The highest BCUT2D eigenvalue weighted by molar-refractivity contribution is 5.82. The van der Waals surface area contributed by atoms with Crippen molar-refractivity contribution in [3.05, 3.63) is 84.1 Å². The van der Waals surface area contributed by atoms with Gasteiger partial charge in [0, 0.05) is 56.6 Å². The number of hydrogen-bond acceptors (Lipinski definition) is 5. The van der Waals surface area contributed by atoms with Gasteiger partial charge in [-0.25, -0.2) is 9.97 Å². The van der Waals surface area contributed by atoms with E-state index in [4.69, 9.17) is 4.98 Å². The van der Waals surface area contributed by atoms with Crippen LogP contribution in [0.1, 0.15) is 24.1 Å². The molecule has 1 saturated heterocycles. The van der Waals surface area contributed by atoms with Crippen LogP contribution < -0.4 is 15.5 Å². The van der Waals surface area contributed by atoms with E-state index >= 15 is 0 Å². The summed E-state index contributed by atoms with van der Waals surface area (Å²) < 4.78 is 42.6. The number of alkyl halides is 3. The second-order valence-corrected chi connectivity index (χ2v) is 9.19. The minimum atomic E-state index is -4.44. The Kier molecular flexibility index (Phi) is 6.88. The van der Waals surface area contributed by atoms with E-state index in [1.165, 1.54) is 12.1 Å². The minimum Gasteiger partial charge on any atom is -0.364 e. The Balaban J connectivity index is 1.58. The molecule has 5 rings (SSSR count). The highest BCUT2D eigenvalue weighted by Crippen LogP contribution is 2.38. The molecule has 2 aromatic carbocycles. The molecule has 0 amide bonds. The van der Waals surface area contributed by atoms with Gasteiger partial charge in [-0.15, -0.1) is 0 Å². The monoisotopic (exact) mass is 506 g/mol. The summed E-state index contributed by atoms with van der Waals surface area (Å²) in [6.07, 6.45) is -2.73. The molecule has 0 spiro atoms. The van der Waals surface area contributed by atoms with Gasteiger partial charge >= 0.3 is 6.18 Å². The summed E-state index contributed by atoms with van der Waals surface area (Å²) in [6, 6.07) is 19.2. The first kappa shape index (κ1) is 24.8. The molecule has 0 bridgehead atoms. The lowest BCUT2D eigenvalue weighted by Crippen LogP contribution is -2.44. The number of aromatic nitrogens is 3. The van der Waals surface area contributed by atoms with Gasteiger partial charge in [0.05, 0.1) is 17.0 Å². The van der Waals surface area contributed by atoms with E-state index in [0.29, 0.717) is 17.1 Å². The number of nitrogens with one attached hydrogen (secondary N) is 2. The average molecular weight is 507 g/mol. The molecule has 1 atom stereocenters. The normalized spacial score (nSPS) is 15.0. The quantitative estimate of drug-likeness (QED) is 0.349. The van der Waals surface area contributed by atoms with E-state index in [1.807, 2.05) is 54.1 Å². The fourth-order valence-corrected chi connectivity index (χ4v) is 4.71. The molecule has 0 radical (unpaired) electrons. The van der Waals surface area contributed by atoms with Crippen LogP contribution in [0.3, 0.4) is 0 Å². The van der Waals surface area contributed by atoms with Crippen molar-refractivity contribution in [3.8, 4) is 22.5 Å². The van der Waals surface area contributed by atoms with Crippen molar-refractivity contribution in [2.24, 2.45) is 7.05 Å². The molecule has 2 aromatic heterocycles. The molecule has 1 fully saturated rings. The smallest absolute Gasteiger partial charge is 0.364 e. The predicted octanol–water partition coefficient (Wildman–Crippen LogP) is 5.75. The maximum absolute atomic E-state index is 13.5. The highest BCUT2D eigenvalue weighted by Gasteiger charge is 2.31. The van der Waals surface area contributed by atoms with Crippen LogP contribution in [0.4, 0.5) is 24.9 Å². The Morgan fingerprint density at radius 2 is 1.70 bits per heavy atom. The first-order chi connectivity index (χ1) is 17.8. The number of piperazine rings is 1. The zero-order valence-corrected chi connectivity index (χ0v) is 20.8. The molecule has 6 nitrogen and oxygen atoms in total. The summed E-state index contributed by atoms with van der Waals surface area (Å²) in [7, 11) is 1.91. The van der Waals surface area contributed by atoms with Gasteiger partial charge in [-0.1, -0.05) is 42.5 Å². The molecular weight excluding hydrogens is 477 g/mol. The summed E-state index contributed by atoms with van der Waals surface area (Å²) in [5.41, 5.74) is 2.92. The molecule has 1 aliphatic rings. The van der Waals surface area contributed by atoms with E-state index in [9.17, 15) is 13.2 Å². The van der Waals surface area contributed by atoms with E-state index in [2.05, 4.69) is 27.4 Å². The van der Waals surface area contributed by atoms with Crippen molar-refractivity contribution >= 4 is 11.8 Å². The Morgan fingerprint density at radius 1 is 0.946 bits per heavy atom. The third-order valence-corrected chi connectivity index (χ3v) is 6.63. The fourth-order valence-electron chi connectivity index (χ4n) is 4.71. The molecule has 37 heavy (non-hydrogen) atoms. The number of anilines is 2. The van der Waals surface area contributed by atoms with Crippen LogP contribution >= 0.6 is 0 Å². The molecule has 0 aliphatic carbocycles. The number of rotatable bonds is 6. The topological polar surface area (TPSA) is 58.0 Å². The highest BCUT2D eigenvalue weighted by atomic mass is 19.4. The third-order valence-electron chi connectivity index (χ3n) is 6.63. The van der Waals surface area contributed by atoms with Gasteiger partial charge in [0.25, 0.3) is 0 Å². The van der Waals surface area contributed by atoms with Crippen molar-refractivity contribution in [2.75, 3.05) is 36.4 Å². The molecule has 3 heterocycles. The van der Waals surface area contributed by atoms with Crippen LogP contribution in [0.5, 0.6) is 0 Å². The molecule has 1 aliphatic heterocycles. The number of benzene rings is 2. The van der Waals surface area contributed by atoms with Crippen molar-refractivity contribution in [1.29, 1.82) is 0 Å². The fraction of sp³-hybridized carbons (Fsp3) is 0.286. The Morgan fingerprint density at radius 3 is 2.43 bits per heavy atom. The van der Waals surface area contributed by atoms with Gasteiger partial charge in [0.2, 0.25) is 5.95 Å². The number of halogens is 3. The molecule has 192 valence electrons. The first-order valence-corrected chi connectivity index (χ1v) is 12.3. The second kappa shape index (κ2) is 10.3. The Bertz CT molecular complexity index is 1360. The molecule has 4 aromatic rings. The lowest BCUT2D eigenvalue weighted by atomic mass is 10.0. The molecule has 2 N–H and O–H groups in total. The van der Waals surface area contributed by atoms with Crippen molar-refractivity contribution in [2.45, 2.75) is 19.1 Å². The Hall–Kier alpha value is -3.85. The van der Waals surface area contributed by atoms with E-state index in [1.54, 1.807) is 12.3 Å². The van der Waals surface area contributed by atoms with E-state index < -0.39 is 11.7 Å². The van der Waals surface area contributed by atoms with Crippen LogP contribution in [0, 0.1) is 0 Å². The third kappa shape index (κ3) is 5.32. The molecular formula is C28H29F3N6. The van der Waals surface area contributed by atoms with Crippen molar-refractivity contribution < 1.29 is 13.2 Å². The molecule has 9 heteroatoms. The summed E-state index contributed by atoms with van der Waals surface area (Å²) in [4.78, 5) is 11.6. The van der Waals surface area contributed by atoms with Gasteiger partial charge < -0.3 is 20.1 Å². The summed E-state index contributed by atoms with van der Waals surface area (Å²) >= 11 is 0. The number of imidazole rings is 1. The summed E-state index contributed by atoms with van der Waals surface area (Å²) in [6.45, 7) is 5.24. The van der Waals surface area contributed by atoms with Crippen LogP contribution in [0.25, 0.3) is 22.5 Å². The second-order valence-electron chi connectivity index (χ2n) is 9.19. The molecule has 1 unspecified atom stereocenters. The largest absolute Gasteiger partial charge is 0.416 e. The maximum Gasteiger partial charge on any atom is 0.416 e. The van der Waals surface area contributed by atoms with Crippen molar-refractivity contribution in [3.63, 3.8) is 0 Å². The van der Waals surface area contributed by atoms with E-state index in [0.717, 1.165) is 55.0 Å². The van der Waals surface area contributed by atoms with Crippen LogP contribution in [0.2, 0.25) is 0 Å². The predicted molar refractivity (Wildman–Crippen MR) is 140 cm³/mol. The first-order valence-electron chi connectivity index (χ1n) is 12.3. The zero-order valence-electron chi connectivity index (χ0n) is 20.8. The van der Waals surface area contributed by atoms with Gasteiger partial charge in [0.1, 0.15) is 5.82 Å². The van der Waals surface area contributed by atoms with Gasteiger partial charge in [-0.05, 0) is 36.8 Å². The average Bonchev–Trinajstić information content (AvgIpc) is 3.26. The van der Waals surface area contributed by atoms with Gasteiger partial charge in [-0.2, -0.15) is 13.2 Å². The van der Waals surface area contributed by atoms with Crippen LogP contribution in [0.15, 0.2) is 72.9 Å². The minimum absolute atomic E-state index is 0.0230. The SMILES string of the molecule is CC(Nc1cc(-c2c(-c3cccc(C(F)(F)F)c3)nc(N3CCNCC3)n2C)ccn1)c1ccccc1. The number of pyridine rings is 1. The van der Waals surface area contributed by atoms with E-state index in [-0.39, 0.29) is 6.04 Å². The summed E-state index contributed by atoms with van der Waals surface area (Å²) in [5, 5.41) is 6.77. The lowest BCUT2D eigenvalue weighted by Gasteiger charge is -2.28. The zero-order chi connectivity index (χ0) is 26.0. The number of nitrogens with zero attached hydrogens (tertiary/aromatic N) is 4. The summed E-state index contributed by atoms with van der Waals surface area (Å²) in [5.74, 6) is 1.40. The number of hydrogen-bond donors (Lipinski definition) is 2. The van der Waals surface area contributed by atoms with Gasteiger partial charge in [-0.3, -0.25) is 0 Å². The van der Waals surface area contributed by atoms with Crippen molar-refractivity contribution in [1.82, 2.24) is 19.9 Å².